The number of thioether (sulfide) groups is 1. The van der Waals surface area contributed by atoms with Crippen LogP contribution in [0.25, 0.3) is 0 Å². The summed E-state index contributed by atoms with van der Waals surface area (Å²) in [4.78, 5) is 0. The van der Waals surface area contributed by atoms with Gasteiger partial charge in [-0.1, -0.05) is 35.2 Å². The van der Waals surface area contributed by atoms with Gasteiger partial charge in [0.2, 0.25) is 0 Å². The lowest BCUT2D eigenvalue weighted by molar-refractivity contribution is 0.414. The van der Waals surface area contributed by atoms with E-state index < -0.39 is 0 Å². The quantitative estimate of drug-likeness (QED) is 0.771. The fourth-order valence-electron chi connectivity index (χ4n) is 1.88. The molecule has 3 rings (SSSR count). The van der Waals surface area contributed by atoms with Crippen molar-refractivity contribution in [1.29, 1.82) is 0 Å². The molecule has 0 aliphatic heterocycles. The van der Waals surface area contributed by atoms with Gasteiger partial charge in [0.1, 0.15) is 10.8 Å². The zero-order valence-corrected chi connectivity index (χ0v) is 12.6. The first-order chi connectivity index (χ1) is 9.26. The van der Waals surface area contributed by atoms with Crippen molar-refractivity contribution in [2.45, 2.75) is 35.3 Å². The van der Waals surface area contributed by atoms with Gasteiger partial charge in [-0.2, -0.15) is 0 Å². The number of ether oxygens (including phenoxy) is 1. The summed E-state index contributed by atoms with van der Waals surface area (Å²) in [5.74, 6) is 1.60. The van der Waals surface area contributed by atoms with Gasteiger partial charge in [0.25, 0.3) is 0 Å². The highest BCUT2D eigenvalue weighted by Crippen LogP contribution is 2.44. The van der Waals surface area contributed by atoms with E-state index in [9.17, 15) is 0 Å². The van der Waals surface area contributed by atoms with Crippen molar-refractivity contribution in [1.82, 2.24) is 10.2 Å². The number of benzene rings is 1. The first-order valence-corrected chi connectivity index (χ1v) is 8.10. The molecule has 2 aromatic rings. The monoisotopic (exact) mass is 292 g/mol. The van der Waals surface area contributed by atoms with Crippen molar-refractivity contribution in [3.63, 3.8) is 0 Å². The minimum atomic E-state index is 0.357. The minimum Gasteiger partial charge on any atom is -0.497 e. The summed E-state index contributed by atoms with van der Waals surface area (Å²) in [6, 6.07) is 8.21. The maximum atomic E-state index is 5.26. The molecule has 5 heteroatoms. The van der Waals surface area contributed by atoms with Crippen molar-refractivity contribution >= 4 is 23.1 Å². The zero-order chi connectivity index (χ0) is 13.2. The van der Waals surface area contributed by atoms with Crippen LogP contribution in [0.1, 0.15) is 41.5 Å². The van der Waals surface area contributed by atoms with Gasteiger partial charge in [0, 0.05) is 11.2 Å². The lowest BCUT2D eigenvalue weighted by Crippen LogP contribution is -1.90. The predicted octanol–water partition coefficient (Wildman–Crippen LogP) is 4.28. The molecule has 3 nitrogen and oxygen atoms in total. The number of hydrogen-bond acceptors (Lipinski definition) is 5. The zero-order valence-electron chi connectivity index (χ0n) is 11.0. The van der Waals surface area contributed by atoms with Gasteiger partial charge in [-0.25, -0.2) is 0 Å². The summed E-state index contributed by atoms with van der Waals surface area (Å²) in [6.45, 7) is 2.19. The normalized spacial score (nSPS) is 16.3. The molecule has 1 aromatic carbocycles. The van der Waals surface area contributed by atoms with Crippen molar-refractivity contribution in [3.05, 3.63) is 34.8 Å². The van der Waals surface area contributed by atoms with Crippen LogP contribution in [0.2, 0.25) is 0 Å². The van der Waals surface area contributed by atoms with E-state index in [1.807, 2.05) is 12.1 Å². The van der Waals surface area contributed by atoms with E-state index in [4.69, 9.17) is 4.74 Å². The molecule has 1 atom stereocenters. The van der Waals surface area contributed by atoms with Gasteiger partial charge >= 0.3 is 0 Å². The van der Waals surface area contributed by atoms with Gasteiger partial charge < -0.3 is 4.74 Å². The first-order valence-electron chi connectivity index (χ1n) is 6.40. The van der Waals surface area contributed by atoms with Crippen LogP contribution >= 0.6 is 23.1 Å². The van der Waals surface area contributed by atoms with Crippen molar-refractivity contribution in [2.75, 3.05) is 7.11 Å². The Morgan fingerprint density at radius 1 is 1.37 bits per heavy atom. The molecule has 0 N–H and O–H groups in total. The van der Waals surface area contributed by atoms with E-state index >= 15 is 0 Å². The molecule has 1 aliphatic carbocycles. The van der Waals surface area contributed by atoms with Crippen LogP contribution < -0.4 is 4.74 Å². The summed E-state index contributed by atoms with van der Waals surface area (Å²) in [5, 5.41) is 10.1. The molecule has 1 heterocycles. The molecule has 1 fully saturated rings. The predicted molar refractivity (Wildman–Crippen MR) is 79.2 cm³/mol. The van der Waals surface area contributed by atoms with Crippen molar-refractivity contribution < 1.29 is 4.74 Å². The molecule has 1 aromatic heterocycles. The third-order valence-electron chi connectivity index (χ3n) is 3.19. The number of methoxy groups -OCH3 is 1. The Hall–Kier alpha value is -1.07. The van der Waals surface area contributed by atoms with E-state index in [2.05, 4.69) is 29.3 Å². The highest BCUT2D eigenvalue weighted by molar-refractivity contribution is 8.01. The van der Waals surface area contributed by atoms with E-state index in [0.29, 0.717) is 11.2 Å². The molecule has 0 saturated heterocycles. The van der Waals surface area contributed by atoms with Gasteiger partial charge in [-0.15, -0.1) is 10.2 Å². The maximum Gasteiger partial charge on any atom is 0.174 e. The Kier molecular flexibility index (Phi) is 3.75. The Morgan fingerprint density at radius 2 is 2.21 bits per heavy atom. The second-order valence-corrected chi connectivity index (χ2v) is 7.31. The molecular weight excluding hydrogens is 276 g/mol. The molecule has 1 saturated carbocycles. The van der Waals surface area contributed by atoms with Crippen LogP contribution in [0, 0.1) is 0 Å². The Morgan fingerprint density at radius 3 is 2.95 bits per heavy atom. The Bertz CT molecular complexity index is 566. The molecule has 1 aliphatic rings. The van der Waals surface area contributed by atoms with Gasteiger partial charge in [0.05, 0.1) is 7.11 Å². The maximum absolute atomic E-state index is 5.26. The average Bonchev–Trinajstić information content (AvgIpc) is 3.19. The molecule has 0 spiro atoms. The van der Waals surface area contributed by atoms with Gasteiger partial charge in [0.15, 0.2) is 4.34 Å². The summed E-state index contributed by atoms with van der Waals surface area (Å²) in [6.07, 6.45) is 2.56. The van der Waals surface area contributed by atoms with Crippen molar-refractivity contribution in [2.24, 2.45) is 0 Å². The van der Waals surface area contributed by atoms with Gasteiger partial charge in [-0.3, -0.25) is 0 Å². The number of hydrogen-bond donors (Lipinski definition) is 0. The molecule has 0 amide bonds. The van der Waals surface area contributed by atoms with E-state index in [-0.39, 0.29) is 0 Å². The fraction of sp³-hybridized carbons (Fsp3) is 0.429. The number of nitrogens with zero attached hydrogens (tertiary/aromatic N) is 2. The number of rotatable bonds is 5. The van der Waals surface area contributed by atoms with Crippen molar-refractivity contribution in [3.8, 4) is 5.75 Å². The third kappa shape index (κ3) is 3.09. The van der Waals surface area contributed by atoms with Crippen LogP contribution in [0.15, 0.2) is 28.6 Å². The number of aromatic nitrogens is 2. The fourth-order valence-corrected chi connectivity index (χ4v) is 4.18. The molecule has 100 valence electrons. The second-order valence-electron chi connectivity index (χ2n) is 4.72. The standard InChI is InChI=1S/C14H16N2OS2/c1-9(11-4-3-5-12(8-11)17-2)18-14-16-15-13(19-14)10-6-7-10/h3-5,8-10H,6-7H2,1-2H3/t9-/m1/s1. The molecule has 0 bridgehead atoms. The average molecular weight is 292 g/mol. The van der Waals surface area contributed by atoms with E-state index in [1.54, 1.807) is 30.2 Å². The smallest absolute Gasteiger partial charge is 0.174 e. The highest BCUT2D eigenvalue weighted by Gasteiger charge is 2.27. The highest BCUT2D eigenvalue weighted by atomic mass is 32.2. The topological polar surface area (TPSA) is 35.0 Å². The summed E-state index contributed by atoms with van der Waals surface area (Å²) in [5.41, 5.74) is 1.26. The third-order valence-corrected chi connectivity index (χ3v) is 5.52. The summed E-state index contributed by atoms with van der Waals surface area (Å²) >= 11 is 3.52. The molecule has 0 unspecified atom stereocenters. The van der Waals surface area contributed by atoms with Crippen LogP contribution in [0.4, 0.5) is 0 Å². The lowest BCUT2D eigenvalue weighted by atomic mass is 10.1. The van der Waals surface area contributed by atoms with Crippen LogP contribution in [-0.4, -0.2) is 17.3 Å². The first kappa shape index (κ1) is 12.9. The molecule has 0 radical (unpaired) electrons. The minimum absolute atomic E-state index is 0.357. The van der Waals surface area contributed by atoms with Crippen LogP contribution in [-0.2, 0) is 0 Å². The Labute approximate surface area is 121 Å². The van der Waals surface area contributed by atoms with Gasteiger partial charge in [-0.05, 0) is 37.5 Å². The van der Waals surface area contributed by atoms with Crippen LogP contribution in [0.5, 0.6) is 5.75 Å². The van der Waals surface area contributed by atoms with E-state index in [1.165, 1.54) is 23.4 Å². The molecular formula is C14H16N2OS2. The SMILES string of the molecule is COc1cccc([C@@H](C)Sc2nnc(C3CC3)s2)c1. The van der Waals surface area contributed by atoms with E-state index in [0.717, 1.165) is 10.1 Å². The largest absolute Gasteiger partial charge is 0.497 e. The lowest BCUT2D eigenvalue weighted by Gasteiger charge is -2.10. The second kappa shape index (κ2) is 5.51. The Balaban J connectivity index is 1.70. The molecule has 19 heavy (non-hydrogen) atoms. The summed E-state index contributed by atoms with van der Waals surface area (Å²) < 4.78 is 6.33. The van der Waals surface area contributed by atoms with Crippen LogP contribution in [0.3, 0.4) is 0 Å². The summed E-state index contributed by atoms with van der Waals surface area (Å²) in [7, 11) is 1.70.